The van der Waals surface area contributed by atoms with E-state index < -0.39 is 6.04 Å². The predicted octanol–water partition coefficient (Wildman–Crippen LogP) is 5.25. The third-order valence-corrected chi connectivity index (χ3v) is 6.31. The standard InChI is InChI=1S/C24H29BrN2O5/c1-5-31-21-12-16-9-10-27(24(29)26-17-7-8-19(25)15(3)11-17)20(14-23(28)30-4)18(16)13-22(21)32-6-2/h7-8,11-13,20H,5-6,9-10,14H2,1-4H3,(H,26,29)/t20-/m1/s1. The summed E-state index contributed by atoms with van der Waals surface area (Å²) in [7, 11) is 1.35. The summed E-state index contributed by atoms with van der Waals surface area (Å²) in [6.07, 6.45) is 0.697. The van der Waals surface area contributed by atoms with E-state index in [1.165, 1.54) is 7.11 Å². The third-order valence-electron chi connectivity index (χ3n) is 5.42. The van der Waals surface area contributed by atoms with Crippen LogP contribution in [0.2, 0.25) is 0 Å². The lowest BCUT2D eigenvalue weighted by atomic mass is 9.90. The molecular weight excluding hydrogens is 476 g/mol. The van der Waals surface area contributed by atoms with Gasteiger partial charge in [0.2, 0.25) is 0 Å². The smallest absolute Gasteiger partial charge is 0.322 e. The predicted molar refractivity (Wildman–Crippen MR) is 126 cm³/mol. The number of hydrogen-bond donors (Lipinski definition) is 1. The van der Waals surface area contributed by atoms with Crippen LogP contribution in [0, 0.1) is 6.92 Å². The van der Waals surface area contributed by atoms with Crippen molar-refractivity contribution in [2.24, 2.45) is 0 Å². The quantitative estimate of drug-likeness (QED) is 0.521. The normalized spacial score (nSPS) is 15.0. The fraction of sp³-hybridized carbons (Fsp3) is 0.417. The molecule has 32 heavy (non-hydrogen) atoms. The van der Waals surface area contributed by atoms with E-state index in [2.05, 4.69) is 21.2 Å². The van der Waals surface area contributed by atoms with Crippen molar-refractivity contribution in [3.8, 4) is 11.5 Å². The van der Waals surface area contributed by atoms with E-state index in [0.29, 0.717) is 43.4 Å². The maximum Gasteiger partial charge on any atom is 0.322 e. The number of esters is 1. The average Bonchev–Trinajstić information content (AvgIpc) is 2.77. The number of benzene rings is 2. The molecule has 0 saturated heterocycles. The SMILES string of the molecule is CCOc1cc2c(cc1OCC)[C@@H](CC(=O)OC)N(C(=O)Nc1ccc(Br)c(C)c1)CC2. The number of nitrogens with one attached hydrogen (secondary N) is 1. The lowest BCUT2D eigenvalue weighted by Gasteiger charge is -2.37. The molecule has 2 aromatic carbocycles. The number of halogens is 1. The summed E-state index contributed by atoms with van der Waals surface area (Å²) in [6.45, 7) is 7.25. The number of anilines is 1. The zero-order valence-corrected chi connectivity index (χ0v) is 20.5. The number of urea groups is 1. The summed E-state index contributed by atoms with van der Waals surface area (Å²) < 4.78 is 17.4. The number of ether oxygens (including phenoxy) is 3. The van der Waals surface area contributed by atoms with Crippen molar-refractivity contribution in [1.82, 2.24) is 4.90 Å². The van der Waals surface area contributed by atoms with Crippen LogP contribution in [0.3, 0.4) is 0 Å². The van der Waals surface area contributed by atoms with Gasteiger partial charge in [0.15, 0.2) is 11.5 Å². The minimum absolute atomic E-state index is 0.0514. The number of nitrogens with zero attached hydrogens (tertiary/aromatic N) is 1. The second-order valence-corrected chi connectivity index (χ2v) is 8.35. The Morgan fingerprint density at radius 3 is 2.44 bits per heavy atom. The Balaban J connectivity index is 1.95. The number of amides is 2. The molecule has 0 radical (unpaired) electrons. The molecule has 0 saturated carbocycles. The van der Waals surface area contributed by atoms with Crippen molar-refractivity contribution >= 4 is 33.6 Å². The first kappa shape index (κ1) is 23.9. The van der Waals surface area contributed by atoms with Gasteiger partial charge in [-0.05, 0) is 74.2 Å². The number of rotatable bonds is 7. The first-order chi connectivity index (χ1) is 15.4. The summed E-state index contributed by atoms with van der Waals surface area (Å²) in [5.74, 6) is 0.897. The number of aryl methyl sites for hydroxylation is 1. The van der Waals surface area contributed by atoms with Gasteiger partial charge < -0.3 is 24.4 Å². The van der Waals surface area contributed by atoms with Gasteiger partial charge in [-0.2, -0.15) is 0 Å². The molecule has 0 aliphatic carbocycles. The van der Waals surface area contributed by atoms with Gasteiger partial charge in [-0.3, -0.25) is 4.79 Å². The lowest BCUT2D eigenvalue weighted by molar-refractivity contribution is -0.141. The lowest BCUT2D eigenvalue weighted by Crippen LogP contribution is -2.43. The highest BCUT2D eigenvalue weighted by Gasteiger charge is 2.34. The van der Waals surface area contributed by atoms with Crippen LogP contribution in [-0.4, -0.2) is 43.8 Å². The molecule has 8 heteroatoms. The Morgan fingerprint density at radius 2 is 1.81 bits per heavy atom. The summed E-state index contributed by atoms with van der Waals surface area (Å²) in [5.41, 5.74) is 3.62. The van der Waals surface area contributed by atoms with E-state index in [0.717, 1.165) is 21.2 Å². The topological polar surface area (TPSA) is 77.1 Å². The van der Waals surface area contributed by atoms with Gasteiger partial charge in [0.05, 0.1) is 32.8 Å². The first-order valence-corrected chi connectivity index (χ1v) is 11.5. The molecule has 1 aliphatic heterocycles. The second-order valence-electron chi connectivity index (χ2n) is 7.50. The van der Waals surface area contributed by atoms with E-state index in [1.54, 1.807) is 4.90 Å². The van der Waals surface area contributed by atoms with Crippen molar-refractivity contribution in [2.75, 3.05) is 32.2 Å². The van der Waals surface area contributed by atoms with E-state index in [4.69, 9.17) is 14.2 Å². The van der Waals surface area contributed by atoms with Crippen molar-refractivity contribution in [3.05, 3.63) is 51.5 Å². The second kappa shape index (κ2) is 10.7. The monoisotopic (exact) mass is 504 g/mol. The van der Waals surface area contributed by atoms with Crippen LogP contribution >= 0.6 is 15.9 Å². The van der Waals surface area contributed by atoms with Crippen molar-refractivity contribution in [3.63, 3.8) is 0 Å². The maximum atomic E-state index is 13.2. The highest BCUT2D eigenvalue weighted by molar-refractivity contribution is 9.10. The van der Waals surface area contributed by atoms with Crippen LogP contribution in [0.15, 0.2) is 34.8 Å². The zero-order chi connectivity index (χ0) is 23.3. The fourth-order valence-electron chi connectivity index (χ4n) is 3.87. The Bertz CT molecular complexity index is 995. The molecule has 0 aromatic heterocycles. The number of carbonyl (C=O) groups is 2. The van der Waals surface area contributed by atoms with Crippen LogP contribution < -0.4 is 14.8 Å². The molecule has 1 atom stereocenters. The zero-order valence-electron chi connectivity index (χ0n) is 18.9. The molecule has 1 N–H and O–H groups in total. The maximum absolute atomic E-state index is 13.2. The number of hydrogen-bond acceptors (Lipinski definition) is 5. The number of methoxy groups -OCH3 is 1. The van der Waals surface area contributed by atoms with Gasteiger partial charge in [-0.25, -0.2) is 4.79 Å². The Hall–Kier alpha value is -2.74. The van der Waals surface area contributed by atoms with Gasteiger partial charge in [-0.1, -0.05) is 15.9 Å². The van der Waals surface area contributed by atoms with E-state index in [1.807, 2.05) is 51.1 Å². The summed E-state index contributed by atoms with van der Waals surface area (Å²) in [5, 5.41) is 2.96. The number of fused-ring (bicyclic) bond motifs is 1. The van der Waals surface area contributed by atoms with Gasteiger partial charge >= 0.3 is 12.0 Å². The average molecular weight is 505 g/mol. The molecule has 7 nitrogen and oxygen atoms in total. The molecule has 0 bridgehead atoms. The van der Waals surface area contributed by atoms with E-state index in [-0.39, 0.29) is 18.4 Å². The molecule has 0 spiro atoms. The molecule has 172 valence electrons. The van der Waals surface area contributed by atoms with Crippen molar-refractivity contribution < 1.29 is 23.8 Å². The molecule has 1 aliphatic rings. The summed E-state index contributed by atoms with van der Waals surface area (Å²) in [4.78, 5) is 27.2. The van der Waals surface area contributed by atoms with Gasteiger partial charge in [0.1, 0.15) is 0 Å². The van der Waals surface area contributed by atoms with Crippen molar-refractivity contribution in [2.45, 2.75) is 39.7 Å². The third kappa shape index (κ3) is 5.35. The molecular formula is C24H29BrN2O5. The van der Waals surface area contributed by atoms with E-state index >= 15 is 0 Å². The van der Waals surface area contributed by atoms with Gasteiger partial charge in [-0.15, -0.1) is 0 Å². The van der Waals surface area contributed by atoms with Crippen LogP contribution in [0.1, 0.15) is 43.0 Å². The minimum Gasteiger partial charge on any atom is -0.490 e. The Labute approximate surface area is 197 Å². The van der Waals surface area contributed by atoms with Crippen molar-refractivity contribution in [1.29, 1.82) is 0 Å². The first-order valence-electron chi connectivity index (χ1n) is 10.7. The highest BCUT2D eigenvalue weighted by Crippen LogP contribution is 2.40. The minimum atomic E-state index is -0.474. The molecule has 0 fully saturated rings. The Morgan fingerprint density at radius 1 is 1.12 bits per heavy atom. The largest absolute Gasteiger partial charge is 0.490 e. The Kier molecular flexibility index (Phi) is 8.01. The van der Waals surface area contributed by atoms with Crippen LogP contribution in [0.4, 0.5) is 10.5 Å². The molecule has 1 heterocycles. The summed E-state index contributed by atoms with van der Waals surface area (Å²) >= 11 is 3.47. The number of carbonyl (C=O) groups excluding carboxylic acids is 2. The molecule has 0 unspecified atom stereocenters. The fourth-order valence-corrected chi connectivity index (χ4v) is 4.11. The summed E-state index contributed by atoms with van der Waals surface area (Å²) in [6, 6.07) is 8.74. The van der Waals surface area contributed by atoms with E-state index in [9.17, 15) is 9.59 Å². The molecule has 3 rings (SSSR count). The van der Waals surface area contributed by atoms with Gasteiger partial charge in [0.25, 0.3) is 0 Å². The van der Waals surface area contributed by atoms with Gasteiger partial charge in [0, 0.05) is 16.7 Å². The van der Waals surface area contributed by atoms with Crippen LogP contribution in [0.5, 0.6) is 11.5 Å². The van der Waals surface area contributed by atoms with Crippen LogP contribution in [0.25, 0.3) is 0 Å². The molecule has 2 amide bonds. The molecule has 2 aromatic rings. The highest BCUT2D eigenvalue weighted by atomic mass is 79.9. The van der Waals surface area contributed by atoms with Crippen LogP contribution in [-0.2, 0) is 16.0 Å².